The summed E-state index contributed by atoms with van der Waals surface area (Å²) in [6, 6.07) is 12.7. The van der Waals surface area contributed by atoms with Gasteiger partial charge in [-0.05, 0) is 68.1 Å². The van der Waals surface area contributed by atoms with E-state index in [2.05, 4.69) is 36.8 Å². The van der Waals surface area contributed by atoms with E-state index in [4.69, 9.17) is 4.74 Å². The Labute approximate surface area is 262 Å². The van der Waals surface area contributed by atoms with Crippen molar-refractivity contribution in [2.24, 2.45) is 0 Å². The number of aryl methyl sites for hydroxylation is 1. The molecular formula is C28H25BrN6O6S2. The molecule has 2 aromatic heterocycles. The molecule has 0 atom stereocenters. The molecule has 1 aliphatic rings. The second-order valence-electron chi connectivity index (χ2n) is 9.32. The van der Waals surface area contributed by atoms with Crippen molar-refractivity contribution < 1.29 is 24.0 Å². The van der Waals surface area contributed by atoms with Crippen molar-refractivity contribution >= 4 is 67.5 Å². The number of nitro benzene ring substituents is 1. The number of thiophene rings is 1. The quantitative estimate of drug-likeness (QED) is 0.0922. The van der Waals surface area contributed by atoms with Crippen LogP contribution in [0.2, 0.25) is 0 Å². The molecule has 0 aliphatic heterocycles. The number of fused-ring (bicyclic) bond motifs is 1. The summed E-state index contributed by atoms with van der Waals surface area (Å²) in [6.45, 7) is 2.00. The van der Waals surface area contributed by atoms with Gasteiger partial charge in [0.05, 0.1) is 29.4 Å². The van der Waals surface area contributed by atoms with Gasteiger partial charge in [0.1, 0.15) is 5.00 Å². The minimum atomic E-state index is -0.534. The third-order valence-corrected chi connectivity index (χ3v) is 9.18. The number of thioether (sulfide) groups is 1. The lowest BCUT2D eigenvalue weighted by atomic mass is 10.1. The third-order valence-electron chi connectivity index (χ3n) is 6.52. The molecule has 2 amide bonds. The maximum absolute atomic E-state index is 13.0. The molecule has 0 spiro atoms. The number of halogens is 1. The van der Waals surface area contributed by atoms with Gasteiger partial charge in [0, 0.05) is 32.7 Å². The number of hydrogen-bond donors (Lipinski definition) is 2. The van der Waals surface area contributed by atoms with Crippen LogP contribution in [0.1, 0.15) is 50.3 Å². The number of amides is 2. The number of nitro groups is 1. The van der Waals surface area contributed by atoms with E-state index in [1.807, 2.05) is 24.3 Å². The van der Waals surface area contributed by atoms with Crippen molar-refractivity contribution in [2.75, 3.05) is 17.7 Å². The van der Waals surface area contributed by atoms with E-state index < -0.39 is 16.8 Å². The molecule has 12 nitrogen and oxygen atoms in total. The van der Waals surface area contributed by atoms with Gasteiger partial charge in [-0.1, -0.05) is 27.7 Å². The zero-order valence-electron chi connectivity index (χ0n) is 22.8. The fourth-order valence-corrected chi connectivity index (χ4v) is 6.89. The van der Waals surface area contributed by atoms with E-state index in [1.165, 1.54) is 35.6 Å². The van der Waals surface area contributed by atoms with Gasteiger partial charge in [-0.3, -0.25) is 24.3 Å². The van der Waals surface area contributed by atoms with E-state index in [-0.39, 0.29) is 36.1 Å². The van der Waals surface area contributed by atoms with Gasteiger partial charge in [-0.2, -0.15) is 0 Å². The van der Waals surface area contributed by atoms with Gasteiger partial charge < -0.3 is 15.4 Å². The van der Waals surface area contributed by atoms with Crippen LogP contribution in [-0.2, 0) is 28.9 Å². The van der Waals surface area contributed by atoms with Crippen LogP contribution in [0.25, 0.3) is 5.69 Å². The van der Waals surface area contributed by atoms with Crippen LogP contribution >= 0.6 is 39.0 Å². The first-order chi connectivity index (χ1) is 20.7. The first-order valence-corrected chi connectivity index (χ1v) is 15.8. The monoisotopic (exact) mass is 684 g/mol. The number of anilines is 1. The molecule has 0 fully saturated rings. The lowest BCUT2D eigenvalue weighted by molar-refractivity contribution is -0.384. The molecule has 43 heavy (non-hydrogen) atoms. The van der Waals surface area contributed by atoms with Crippen LogP contribution in [0, 0.1) is 10.1 Å². The van der Waals surface area contributed by atoms with Gasteiger partial charge in [-0.25, -0.2) is 4.79 Å². The highest BCUT2D eigenvalue weighted by Gasteiger charge is 2.28. The highest BCUT2D eigenvalue weighted by atomic mass is 79.9. The number of rotatable bonds is 11. The van der Waals surface area contributed by atoms with Crippen LogP contribution in [-0.4, -0.2) is 49.8 Å². The van der Waals surface area contributed by atoms with Gasteiger partial charge in [0.25, 0.3) is 11.6 Å². The van der Waals surface area contributed by atoms with Gasteiger partial charge in [0.2, 0.25) is 5.91 Å². The Kier molecular flexibility index (Phi) is 9.52. The summed E-state index contributed by atoms with van der Waals surface area (Å²) in [5, 5.41) is 26.0. The van der Waals surface area contributed by atoms with Crippen molar-refractivity contribution in [3.63, 3.8) is 0 Å². The normalized spacial score (nSPS) is 12.0. The average Bonchev–Trinajstić information content (AvgIpc) is 3.70. The fourth-order valence-electron chi connectivity index (χ4n) is 4.56. The third kappa shape index (κ3) is 6.95. The zero-order chi connectivity index (χ0) is 30.5. The minimum absolute atomic E-state index is 0.00531. The predicted octanol–water partition coefficient (Wildman–Crippen LogP) is 5.33. The number of aromatic nitrogens is 3. The molecule has 2 N–H and O–H groups in total. The smallest absolute Gasteiger partial charge is 0.341 e. The van der Waals surface area contributed by atoms with E-state index in [1.54, 1.807) is 11.5 Å². The number of non-ortho nitro benzene ring substituents is 1. The molecule has 2 heterocycles. The molecule has 4 aromatic rings. The summed E-state index contributed by atoms with van der Waals surface area (Å²) in [7, 11) is 0. The Morgan fingerprint density at radius 1 is 1.12 bits per heavy atom. The molecule has 5 rings (SSSR count). The largest absolute Gasteiger partial charge is 0.462 e. The fraction of sp³-hybridized carbons (Fsp3) is 0.250. The number of carbonyl (C=O) groups excluding carboxylic acids is 3. The zero-order valence-corrected chi connectivity index (χ0v) is 26.0. The maximum atomic E-state index is 13.0. The summed E-state index contributed by atoms with van der Waals surface area (Å²) in [5.74, 6) is -0.766. The van der Waals surface area contributed by atoms with Crippen LogP contribution < -0.4 is 10.6 Å². The summed E-state index contributed by atoms with van der Waals surface area (Å²) in [5.41, 5.74) is 2.27. The van der Waals surface area contributed by atoms with Gasteiger partial charge in [0.15, 0.2) is 11.0 Å². The SMILES string of the molecule is CCOC(=O)c1c(NC(=O)CSc2nnc(CNC(=O)c3ccc([N+](=O)[O-])cc3)n2-c2ccc(Br)cc2)sc2c1CCC2. The van der Waals surface area contributed by atoms with Crippen LogP contribution in [0.4, 0.5) is 10.7 Å². The van der Waals surface area contributed by atoms with Crippen molar-refractivity contribution in [3.8, 4) is 5.69 Å². The number of nitrogens with one attached hydrogen (secondary N) is 2. The lowest BCUT2D eigenvalue weighted by Crippen LogP contribution is -2.24. The number of nitrogens with zero attached hydrogens (tertiary/aromatic N) is 4. The molecule has 222 valence electrons. The van der Waals surface area contributed by atoms with E-state index >= 15 is 0 Å². The van der Waals surface area contributed by atoms with Gasteiger partial charge >= 0.3 is 5.97 Å². The van der Waals surface area contributed by atoms with E-state index in [0.29, 0.717) is 21.5 Å². The Morgan fingerprint density at radius 2 is 1.86 bits per heavy atom. The van der Waals surface area contributed by atoms with Gasteiger partial charge in [-0.15, -0.1) is 21.5 Å². The van der Waals surface area contributed by atoms with E-state index in [0.717, 1.165) is 51.6 Å². The summed E-state index contributed by atoms with van der Waals surface area (Å²) >= 11 is 6.01. The molecule has 0 unspecified atom stereocenters. The molecule has 2 aromatic carbocycles. The van der Waals surface area contributed by atoms with Crippen molar-refractivity contribution in [1.29, 1.82) is 0 Å². The molecule has 0 radical (unpaired) electrons. The molecule has 0 saturated heterocycles. The molecule has 15 heteroatoms. The van der Waals surface area contributed by atoms with Crippen LogP contribution in [0.5, 0.6) is 0 Å². The van der Waals surface area contributed by atoms with Crippen molar-refractivity contribution in [3.05, 3.63) is 90.5 Å². The summed E-state index contributed by atoms with van der Waals surface area (Å²) < 4.78 is 7.86. The Balaban J connectivity index is 1.31. The topological polar surface area (TPSA) is 158 Å². The standard InChI is InChI=1S/C28H25BrN6O6S2/c1-2-41-27(38)24-20-4-3-5-21(20)43-26(24)31-23(36)15-42-28-33-32-22(34(28)18-12-8-17(29)9-13-18)14-30-25(37)16-6-10-19(11-7-16)35(39)40/h6-13H,2-5,14-15H2,1H3,(H,30,37)(H,31,36). The first-order valence-electron chi connectivity index (χ1n) is 13.2. The Bertz CT molecular complexity index is 1690. The van der Waals surface area contributed by atoms with Crippen LogP contribution in [0.3, 0.4) is 0 Å². The van der Waals surface area contributed by atoms with Crippen LogP contribution in [0.15, 0.2) is 58.2 Å². The average molecular weight is 686 g/mol. The predicted molar refractivity (Wildman–Crippen MR) is 165 cm³/mol. The highest BCUT2D eigenvalue weighted by Crippen LogP contribution is 2.39. The number of esters is 1. The summed E-state index contributed by atoms with van der Waals surface area (Å²) in [4.78, 5) is 49.9. The molecule has 1 aliphatic carbocycles. The highest BCUT2D eigenvalue weighted by molar-refractivity contribution is 9.10. The Morgan fingerprint density at radius 3 is 2.56 bits per heavy atom. The van der Waals surface area contributed by atoms with Crippen molar-refractivity contribution in [2.45, 2.75) is 37.9 Å². The molecule has 0 saturated carbocycles. The number of hydrogen-bond acceptors (Lipinski definition) is 10. The lowest BCUT2D eigenvalue weighted by Gasteiger charge is -2.12. The van der Waals surface area contributed by atoms with E-state index in [9.17, 15) is 24.5 Å². The molecular weight excluding hydrogens is 660 g/mol. The number of benzene rings is 2. The second kappa shape index (κ2) is 13.5. The minimum Gasteiger partial charge on any atom is -0.462 e. The number of carbonyl (C=O) groups is 3. The number of ether oxygens (including phenoxy) is 1. The first kappa shape index (κ1) is 30.4. The molecule has 0 bridgehead atoms. The second-order valence-corrected chi connectivity index (χ2v) is 12.3. The summed E-state index contributed by atoms with van der Waals surface area (Å²) in [6.07, 6.45) is 2.63. The van der Waals surface area contributed by atoms with Crippen molar-refractivity contribution in [1.82, 2.24) is 20.1 Å². The Hall–Kier alpha value is -4.08. The maximum Gasteiger partial charge on any atom is 0.341 e.